The number of unbranched alkanes of at least 4 members (excludes halogenated alkanes) is 4. The molecule has 2 N–H and O–H groups in total. The van der Waals surface area contributed by atoms with Crippen molar-refractivity contribution in [3.8, 4) is 0 Å². The van der Waals surface area contributed by atoms with Gasteiger partial charge in [-0.1, -0.05) is 46.0 Å². The first-order valence-corrected chi connectivity index (χ1v) is 8.44. The van der Waals surface area contributed by atoms with Crippen molar-refractivity contribution in [3.05, 3.63) is 0 Å². The molecule has 0 unspecified atom stereocenters. The van der Waals surface area contributed by atoms with Crippen LogP contribution in [0.4, 0.5) is 0 Å². The standard InChI is InChI=1S/C17H31NO3/c1-17(2,14-10-7-8-11-14)16(21)18-13-9-5-3-4-6-12-15(19)20/h14H,3-13H2,1-2H3,(H,18,21)(H,19,20). The van der Waals surface area contributed by atoms with Crippen molar-refractivity contribution in [3.63, 3.8) is 0 Å². The minimum Gasteiger partial charge on any atom is -0.481 e. The van der Waals surface area contributed by atoms with Crippen molar-refractivity contribution in [2.75, 3.05) is 6.54 Å². The summed E-state index contributed by atoms with van der Waals surface area (Å²) in [6.45, 7) is 4.89. The third-order valence-corrected chi connectivity index (χ3v) is 4.81. The number of carbonyl (C=O) groups is 2. The van der Waals surface area contributed by atoms with Gasteiger partial charge in [-0.3, -0.25) is 9.59 Å². The summed E-state index contributed by atoms with van der Waals surface area (Å²) in [4.78, 5) is 22.7. The van der Waals surface area contributed by atoms with Gasteiger partial charge < -0.3 is 10.4 Å². The van der Waals surface area contributed by atoms with Gasteiger partial charge in [-0.05, 0) is 31.6 Å². The molecular formula is C17H31NO3. The summed E-state index contributed by atoms with van der Waals surface area (Å²) in [6, 6.07) is 0. The van der Waals surface area contributed by atoms with Crippen molar-refractivity contribution < 1.29 is 14.7 Å². The third kappa shape index (κ3) is 6.49. The molecule has 1 saturated carbocycles. The van der Waals surface area contributed by atoms with Crippen LogP contribution in [0.15, 0.2) is 0 Å². The quantitative estimate of drug-likeness (QED) is 0.604. The molecule has 4 nitrogen and oxygen atoms in total. The average Bonchev–Trinajstić information content (AvgIpc) is 2.95. The van der Waals surface area contributed by atoms with Gasteiger partial charge >= 0.3 is 5.97 Å². The van der Waals surface area contributed by atoms with Crippen LogP contribution < -0.4 is 5.32 Å². The number of amides is 1. The number of hydrogen-bond acceptors (Lipinski definition) is 2. The van der Waals surface area contributed by atoms with Crippen LogP contribution in [0.25, 0.3) is 0 Å². The Bertz CT molecular complexity index is 333. The van der Waals surface area contributed by atoms with Crippen LogP contribution in [0.1, 0.15) is 78.1 Å². The number of carbonyl (C=O) groups excluding carboxylic acids is 1. The molecular weight excluding hydrogens is 266 g/mol. The summed E-state index contributed by atoms with van der Waals surface area (Å²) in [5, 5.41) is 11.6. The molecule has 0 atom stereocenters. The molecule has 0 radical (unpaired) electrons. The maximum atomic E-state index is 12.3. The lowest BCUT2D eigenvalue weighted by Crippen LogP contribution is -2.41. The Balaban J connectivity index is 2.06. The van der Waals surface area contributed by atoms with E-state index in [0.29, 0.717) is 5.92 Å². The molecule has 1 fully saturated rings. The van der Waals surface area contributed by atoms with Crippen molar-refractivity contribution in [2.24, 2.45) is 11.3 Å². The molecule has 0 aromatic rings. The number of carboxylic acids is 1. The minimum absolute atomic E-state index is 0.195. The lowest BCUT2D eigenvalue weighted by Gasteiger charge is -2.30. The Morgan fingerprint density at radius 1 is 1.05 bits per heavy atom. The van der Waals surface area contributed by atoms with Crippen LogP contribution in [0, 0.1) is 11.3 Å². The highest BCUT2D eigenvalue weighted by molar-refractivity contribution is 5.82. The number of nitrogens with one attached hydrogen (secondary N) is 1. The maximum Gasteiger partial charge on any atom is 0.303 e. The SMILES string of the molecule is CC(C)(C(=O)NCCCCCCCC(=O)O)C1CCCC1. The molecule has 0 aromatic heterocycles. The predicted molar refractivity (Wildman–Crippen MR) is 84.1 cm³/mol. The van der Waals surface area contributed by atoms with E-state index >= 15 is 0 Å². The average molecular weight is 297 g/mol. The summed E-state index contributed by atoms with van der Waals surface area (Å²) in [7, 11) is 0. The Kier molecular flexibility index (Phi) is 7.76. The van der Waals surface area contributed by atoms with Gasteiger partial charge in [-0.2, -0.15) is 0 Å². The molecule has 0 bridgehead atoms. The van der Waals surface area contributed by atoms with E-state index in [1.54, 1.807) is 0 Å². The van der Waals surface area contributed by atoms with E-state index in [1.165, 1.54) is 25.7 Å². The van der Waals surface area contributed by atoms with E-state index in [-0.39, 0.29) is 17.7 Å². The molecule has 4 heteroatoms. The van der Waals surface area contributed by atoms with Crippen LogP contribution in [0.5, 0.6) is 0 Å². The molecule has 122 valence electrons. The van der Waals surface area contributed by atoms with Crippen LogP contribution in [0.3, 0.4) is 0 Å². The van der Waals surface area contributed by atoms with Crippen LogP contribution >= 0.6 is 0 Å². The second-order valence-corrected chi connectivity index (χ2v) is 6.87. The predicted octanol–water partition coefficient (Wildman–Crippen LogP) is 3.74. The van der Waals surface area contributed by atoms with Gasteiger partial charge in [0, 0.05) is 18.4 Å². The highest BCUT2D eigenvalue weighted by Gasteiger charge is 2.37. The van der Waals surface area contributed by atoms with E-state index in [9.17, 15) is 9.59 Å². The van der Waals surface area contributed by atoms with E-state index in [2.05, 4.69) is 19.2 Å². The van der Waals surface area contributed by atoms with Gasteiger partial charge in [0.1, 0.15) is 0 Å². The Hall–Kier alpha value is -1.06. The molecule has 21 heavy (non-hydrogen) atoms. The molecule has 0 aliphatic heterocycles. The van der Waals surface area contributed by atoms with Crippen LogP contribution in [-0.4, -0.2) is 23.5 Å². The first-order valence-electron chi connectivity index (χ1n) is 8.44. The lowest BCUT2D eigenvalue weighted by atomic mass is 9.77. The smallest absolute Gasteiger partial charge is 0.303 e. The minimum atomic E-state index is -0.712. The van der Waals surface area contributed by atoms with Gasteiger partial charge in [0.2, 0.25) is 5.91 Å². The molecule has 1 aliphatic rings. The summed E-state index contributed by atoms with van der Waals surface area (Å²) in [5.74, 6) is 0.0187. The second-order valence-electron chi connectivity index (χ2n) is 6.87. The Morgan fingerprint density at radius 2 is 1.62 bits per heavy atom. The molecule has 0 spiro atoms. The van der Waals surface area contributed by atoms with Gasteiger partial charge in [0.25, 0.3) is 0 Å². The zero-order chi connectivity index (χ0) is 15.7. The van der Waals surface area contributed by atoms with Gasteiger partial charge in [-0.25, -0.2) is 0 Å². The fourth-order valence-electron chi connectivity index (χ4n) is 3.19. The topological polar surface area (TPSA) is 66.4 Å². The highest BCUT2D eigenvalue weighted by atomic mass is 16.4. The molecule has 0 saturated heterocycles. The number of rotatable bonds is 10. The van der Waals surface area contributed by atoms with Gasteiger partial charge in [0.05, 0.1) is 0 Å². The number of carboxylic acid groups (broad SMARTS) is 1. The monoisotopic (exact) mass is 297 g/mol. The largest absolute Gasteiger partial charge is 0.481 e. The zero-order valence-corrected chi connectivity index (χ0v) is 13.6. The maximum absolute atomic E-state index is 12.3. The Labute approximate surface area is 128 Å². The normalized spacial score (nSPS) is 16.1. The number of aliphatic carboxylic acids is 1. The first-order chi connectivity index (χ1) is 9.94. The fourth-order valence-corrected chi connectivity index (χ4v) is 3.19. The second kappa shape index (κ2) is 9.06. The van der Waals surface area contributed by atoms with Crippen molar-refractivity contribution in [1.29, 1.82) is 0 Å². The zero-order valence-electron chi connectivity index (χ0n) is 13.6. The summed E-state index contributed by atoms with van der Waals surface area (Å²) < 4.78 is 0. The van der Waals surface area contributed by atoms with Crippen molar-refractivity contribution in [2.45, 2.75) is 78.1 Å². The Morgan fingerprint density at radius 3 is 2.24 bits per heavy atom. The van der Waals surface area contributed by atoms with E-state index in [4.69, 9.17) is 5.11 Å². The molecule has 1 rings (SSSR count). The third-order valence-electron chi connectivity index (χ3n) is 4.81. The summed E-state index contributed by atoms with van der Waals surface area (Å²) in [5.41, 5.74) is -0.238. The van der Waals surface area contributed by atoms with E-state index < -0.39 is 5.97 Å². The number of hydrogen-bond donors (Lipinski definition) is 2. The molecule has 0 heterocycles. The highest BCUT2D eigenvalue weighted by Crippen LogP contribution is 2.39. The molecule has 1 aliphatic carbocycles. The van der Waals surface area contributed by atoms with Crippen LogP contribution in [0.2, 0.25) is 0 Å². The van der Waals surface area contributed by atoms with Crippen molar-refractivity contribution in [1.82, 2.24) is 5.32 Å². The van der Waals surface area contributed by atoms with Gasteiger partial charge in [0.15, 0.2) is 0 Å². The lowest BCUT2D eigenvalue weighted by molar-refractivity contribution is -0.137. The van der Waals surface area contributed by atoms with E-state index in [1.807, 2.05) is 0 Å². The van der Waals surface area contributed by atoms with Crippen molar-refractivity contribution >= 4 is 11.9 Å². The summed E-state index contributed by atoms with van der Waals surface area (Å²) >= 11 is 0. The van der Waals surface area contributed by atoms with Gasteiger partial charge in [-0.15, -0.1) is 0 Å². The first kappa shape index (κ1) is 18.0. The molecule has 1 amide bonds. The van der Waals surface area contributed by atoms with E-state index in [0.717, 1.165) is 38.6 Å². The summed E-state index contributed by atoms with van der Waals surface area (Å²) in [6.07, 6.45) is 9.98. The van der Waals surface area contributed by atoms with Crippen LogP contribution in [-0.2, 0) is 9.59 Å². The molecule has 0 aromatic carbocycles. The fraction of sp³-hybridized carbons (Fsp3) is 0.882.